The van der Waals surface area contributed by atoms with E-state index < -0.39 is 253 Å². The van der Waals surface area contributed by atoms with Crippen molar-refractivity contribution < 1.29 is 96.5 Å². The second-order valence-corrected chi connectivity index (χ2v) is 30.8. The topological polar surface area (TPSA) is 799 Å². The first-order valence-electron chi connectivity index (χ1n) is 40.3. The molecule has 46 nitrogen and oxygen atoms in total. The number of primary amides is 4. The highest BCUT2D eigenvalue weighted by Gasteiger charge is 2.39. The number of guanidine groups is 2. The second-order valence-electron chi connectivity index (χ2n) is 30.8. The van der Waals surface area contributed by atoms with Gasteiger partial charge in [-0.25, -0.2) is 0 Å². The molecule has 0 aliphatic carbocycles. The van der Waals surface area contributed by atoms with Gasteiger partial charge >= 0.3 is 11.9 Å². The van der Waals surface area contributed by atoms with Crippen LogP contribution >= 0.6 is 0 Å². The van der Waals surface area contributed by atoms with E-state index in [1.165, 1.54) is 20.8 Å². The molecule has 0 saturated carbocycles. The highest BCUT2D eigenvalue weighted by Crippen LogP contribution is 2.23. The molecule has 46 heteroatoms. The number of ketones is 1. The van der Waals surface area contributed by atoms with Crippen LogP contribution in [0.4, 0.5) is 0 Å². The number of hydrogen-bond donors (Lipinski definition) is 25. The highest BCUT2D eigenvalue weighted by molar-refractivity contribution is 6.01. The lowest BCUT2D eigenvalue weighted by molar-refractivity contribution is -0.142. The molecule has 0 unspecified atom stereocenters. The van der Waals surface area contributed by atoms with Crippen molar-refractivity contribution in [3.8, 4) is 0 Å². The van der Waals surface area contributed by atoms with E-state index in [0.29, 0.717) is 16.5 Å². The van der Waals surface area contributed by atoms with Gasteiger partial charge in [-0.05, 0) is 125 Å². The fourth-order valence-corrected chi connectivity index (χ4v) is 12.6. The molecule has 0 saturated heterocycles. The molecule has 122 heavy (non-hydrogen) atoms. The van der Waals surface area contributed by atoms with E-state index in [-0.39, 0.29) is 122 Å². The van der Waals surface area contributed by atoms with Crippen molar-refractivity contribution in [3.05, 3.63) is 46.5 Å². The molecule has 15 amide bonds. The third-order valence-electron chi connectivity index (χ3n) is 19.3. The number of amides is 15. The number of carboxylic acid groups (broad SMARTS) is 2. The summed E-state index contributed by atoms with van der Waals surface area (Å²) in [4.78, 5) is 252. The Morgan fingerprint density at radius 3 is 1.34 bits per heavy atom. The van der Waals surface area contributed by atoms with Crippen molar-refractivity contribution in [1.29, 1.82) is 10.8 Å². The summed E-state index contributed by atoms with van der Waals surface area (Å²) >= 11 is 0. The monoisotopic (exact) mass is 1720 g/mol. The Morgan fingerprint density at radius 1 is 0.443 bits per heavy atom. The third-order valence-corrected chi connectivity index (χ3v) is 19.3. The summed E-state index contributed by atoms with van der Waals surface area (Å²) in [7, 11) is 0. The Balaban J connectivity index is 2.81. The van der Waals surface area contributed by atoms with Crippen LogP contribution < -0.4 is 109 Å². The van der Waals surface area contributed by atoms with E-state index in [2.05, 4.69) is 84.1 Å². The second kappa shape index (κ2) is 55.1. The number of carbonyl (C=O) groups is 18. The number of carboxylic acids is 2. The van der Waals surface area contributed by atoms with Gasteiger partial charge < -0.3 is 124 Å². The molecule has 13 atom stereocenters. The SMILES string of the molecule is CC(C)C[C@H](NC(=O)[C@@H](NC(=O)[C@H](CCCNC(=N)N)NC(=O)[C@H](CCC(=O)O)NC(=O)[C@H](CCCCN)NC(=O)[C@H](CCCNC(=N)N)CC(=O)[C@H](Cc1c[nH]c2ccccc12)NC(=O)[C@H](CCCCN=[N+]=[N-])NC(=O)[C@H](CCC(N)=O)NC(=O)[C@H](CC(=O)O)NC(=O)[C@@H](NC(=O)[C@@H](C)CCC(N)=O)C(C)C)C(C)C)C(=O)N[C@@H](CC(N)=O)C(N)=O. The van der Waals surface area contributed by atoms with E-state index in [1.807, 2.05) is 0 Å². The highest BCUT2D eigenvalue weighted by atomic mass is 16.4. The minimum Gasteiger partial charge on any atom is -0.481 e. The fourth-order valence-electron chi connectivity index (χ4n) is 12.6. The number of aromatic amines is 1. The van der Waals surface area contributed by atoms with Crippen LogP contribution in [0, 0.1) is 40.4 Å². The number of hydrogen-bond acceptors (Lipinski definition) is 22. The Morgan fingerprint density at radius 2 is 0.869 bits per heavy atom. The quantitative estimate of drug-likeness (QED) is 0.00749. The molecule has 2 rings (SSSR count). The molecular formula is C76H124N26O20. The van der Waals surface area contributed by atoms with Crippen LogP contribution in [0.2, 0.25) is 0 Å². The van der Waals surface area contributed by atoms with Crippen LogP contribution in [0.15, 0.2) is 35.6 Å². The number of benzene rings is 1. The lowest BCUT2D eigenvalue weighted by Gasteiger charge is -2.29. The van der Waals surface area contributed by atoms with Gasteiger partial charge in [-0.3, -0.25) is 97.1 Å². The maximum absolute atomic E-state index is 15.4. The van der Waals surface area contributed by atoms with Crippen LogP contribution in [0.1, 0.15) is 182 Å². The van der Waals surface area contributed by atoms with Crippen molar-refractivity contribution in [2.45, 2.75) is 250 Å². The molecule has 0 radical (unpaired) electrons. The maximum Gasteiger partial charge on any atom is 0.305 e. The van der Waals surface area contributed by atoms with Crippen LogP contribution in [0.5, 0.6) is 0 Å². The molecule has 0 fully saturated rings. The predicted molar refractivity (Wildman–Crippen MR) is 443 cm³/mol. The summed E-state index contributed by atoms with van der Waals surface area (Å²) in [6.45, 7) is 11.0. The van der Waals surface area contributed by atoms with Gasteiger partial charge in [0.2, 0.25) is 88.6 Å². The number of aliphatic carboxylic acids is 2. The van der Waals surface area contributed by atoms with Gasteiger partial charge in [0, 0.05) is 85.6 Å². The molecule has 0 spiro atoms. The standard InChI is InChI=1S/C76H124N26O20/c1-38(2)32-53(71(119)97-52(63(81)111)35-58(80)106)98-74(122)62(40(5)6)101-70(118)48(21-15-30-88-76(84)85)93-69(117)50(24-27-59(107)108)94-66(114)46(19-10-12-28-77)91-65(113)42(16-14-29-87-75(82)83)34-55(103)51(33-43-37-89-45-18-9-8-17-44(43)45)96-67(115)47(20-11-13-31-90-102-86)92-68(116)49(23-26-57(79)105)95-72(120)54(36-60(109)110)99-73(121)61(39(3)4)100-64(112)41(7)22-25-56(78)104/h8-9,17-18,37-42,46-54,61-62,89H,10-16,19-36,77H2,1-7H3,(H2,78,104)(H2,79,105)(H2,80,106)(H2,81,111)(H,91,113)(H,92,116)(H,93,117)(H,94,114)(H,95,120)(H,96,115)(H,97,119)(H,98,122)(H,99,121)(H,100,112)(H,101,118)(H,107,108)(H,109,110)(H4,82,83,87)(H4,84,85,88)/t41-,42+,46-,47-,48-,49-,50-,51-,52-,53-,54-,61-,62-/m0/s1. The predicted octanol–water partition coefficient (Wildman–Crippen LogP) is -4.02. The van der Waals surface area contributed by atoms with Gasteiger partial charge in [0.05, 0.1) is 18.9 Å². The molecule has 678 valence electrons. The normalized spacial score (nSPS) is 14.3. The molecule has 1 aromatic carbocycles. The Bertz CT molecular complexity index is 4020. The van der Waals surface area contributed by atoms with Crippen molar-refractivity contribution >= 4 is 129 Å². The van der Waals surface area contributed by atoms with Crippen molar-refractivity contribution in [2.75, 3.05) is 26.2 Å². The minimum atomic E-state index is -1.96. The molecule has 0 bridgehead atoms. The smallest absolute Gasteiger partial charge is 0.305 e. The van der Waals surface area contributed by atoms with Crippen LogP contribution in [0.25, 0.3) is 21.3 Å². The number of rotatable bonds is 62. The number of nitrogens with two attached hydrogens (primary N) is 7. The average Bonchev–Trinajstić information content (AvgIpc) is 1.63. The first-order valence-corrected chi connectivity index (χ1v) is 40.3. The van der Waals surface area contributed by atoms with Gasteiger partial charge in [0.15, 0.2) is 17.7 Å². The van der Waals surface area contributed by atoms with Crippen molar-refractivity contribution in [3.63, 3.8) is 0 Å². The molecule has 0 aliphatic heterocycles. The fraction of sp³-hybridized carbons (Fsp3) is 0.632. The lowest BCUT2D eigenvalue weighted by Crippen LogP contribution is -2.61. The van der Waals surface area contributed by atoms with Crippen LogP contribution in [-0.4, -0.2) is 226 Å². The first-order chi connectivity index (χ1) is 57.4. The van der Waals surface area contributed by atoms with Gasteiger partial charge in [0.1, 0.15) is 60.4 Å². The largest absolute Gasteiger partial charge is 0.481 e. The van der Waals surface area contributed by atoms with Gasteiger partial charge in [-0.2, -0.15) is 0 Å². The number of nitrogens with zero attached hydrogens (tertiary/aromatic N) is 3. The Kier molecular flexibility index (Phi) is 47.6. The number of Topliss-reactive ketones (excluding diaryl/α,β-unsaturated/α-hetero) is 1. The molecule has 1 heterocycles. The molecule has 1 aromatic heterocycles. The zero-order chi connectivity index (χ0) is 92.0. The van der Waals surface area contributed by atoms with Crippen LogP contribution in [0.3, 0.4) is 0 Å². The number of azide groups is 1. The maximum atomic E-state index is 15.4. The van der Waals surface area contributed by atoms with Gasteiger partial charge in [0.25, 0.3) is 0 Å². The van der Waals surface area contributed by atoms with E-state index in [0.717, 1.165) is 0 Å². The first kappa shape index (κ1) is 105. The van der Waals surface area contributed by atoms with Crippen LogP contribution in [-0.2, 0) is 92.7 Å². The summed E-state index contributed by atoms with van der Waals surface area (Å²) in [6.07, 6.45) is -4.41. The average molecular weight is 1720 g/mol. The number of aromatic nitrogens is 1. The van der Waals surface area contributed by atoms with E-state index in [4.69, 9.17) is 56.5 Å². The molecule has 32 N–H and O–H groups in total. The summed E-state index contributed by atoms with van der Waals surface area (Å²) in [6, 6.07) is -11.0. The van der Waals surface area contributed by atoms with Crippen molar-refractivity contribution in [2.24, 2.45) is 74.8 Å². The number of unbranched alkanes of at least 4 members (excludes halogenated alkanes) is 2. The Hall–Kier alpha value is -12.8. The molecular weight excluding hydrogens is 1600 g/mol. The molecule has 2 aromatic rings. The van der Waals surface area contributed by atoms with Gasteiger partial charge in [-0.15, -0.1) is 0 Å². The van der Waals surface area contributed by atoms with Gasteiger partial charge in [-0.1, -0.05) is 78.2 Å². The lowest BCUT2D eigenvalue weighted by atomic mass is 9.90. The summed E-state index contributed by atoms with van der Waals surface area (Å²) in [5.74, 6) is -23.7. The number of H-pyrrole nitrogens is 1. The summed E-state index contributed by atoms with van der Waals surface area (Å²) in [5, 5.41) is 72.3. The van der Waals surface area contributed by atoms with E-state index in [9.17, 15) is 82.1 Å². The molecule has 0 aliphatic rings. The van der Waals surface area contributed by atoms with E-state index >= 15 is 14.4 Å². The Labute approximate surface area is 705 Å². The zero-order valence-electron chi connectivity index (χ0n) is 69.9. The summed E-state index contributed by atoms with van der Waals surface area (Å²) in [5.41, 5.74) is 48.5. The number of carbonyl (C=O) groups excluding carboxylic acids is 16. The number of fused-ring (bicyclic) bond motifs is 1. The van der Waals surface area contributed by atoms with Crippen molar-refractivity contribution in [1.82, 2.24) is 74.1 Å². The van der Waals surface area contributed by atoms with E-state index in [1.54, 1.807) is 58.2 Å². The number of para-hydroxylation sites is 1. The zero-order valence-corrected chi connectivity index (χ0v) is 69.9. The summed E-state index contributed by atoms with van der Waals surface area (Å²) < 4.78 is 0. The minimum absolute atomic E-state index is 0.00246. The number of nitrogens with one attached hydrogen (secondary N) is 16. The third kappa shape index (κ3) is 40.8.